The van der Waals surface area contributed by atoms with Gasteiger partial charge in [0.25, 0.3) is 5.91 Å². The van der Waals surface area contributed by atoms with Crippen molar-refractivity contribution in [3.05, 3.63) is 65.7 Å². The molecule has 3 rings (SSSR count). The van der Waals surface area contributed by atoms with Gasteiger partial charge in [0, 0.05) is 13.1 Å². The predicted octanol–water partition coefficient (Wildman–Crippen LogP) is 3.76. The van der Waals surface area contributed by atoms with Crippen molar-refractivity contribution in [1.82, 2.24) is 10.2 Å². The first-order valence-corrected chi connectivity index (χ1v) is 9.55. The van der Waals surface area contributed by atoms with Crippen molar-refractivity contribution in [3.8, 4) is 5.75 Å². The molecule has 0 saturated carbocycles. The Morgan fingerprint density at radius 3 is 2.38 bits per heavy atom. The van der Waals surface area contributed by atoms with Crippen molar-refractivity contribution in [2.24, 2.45) is 0 Å². The van der Waals surface area contributed by atoms with Crippen molar-refractivity contribution < 1.29 is 9.53 Å². The Hall–Kier alpha value is -2.33. The van der Waals surface area contributed by atoms with Gasteiger partial charge in [-0.15, -0.1) is 0 Å². The minimum Gasteiger partial charge on any atom is -0.481 e. The Balaban J connectivity index is 1.58. The molecule has 2 aromatic rings. The zero-order valence-corrected chi connectivity index (χ0v) is 15.5. The van der Waals surface area contributed by atoms with Gasteiger partial charge in [-0.2, -0.15) is 0 Å². The lowest BCUT2D eigenvalue weighted by Gasteiger charge is -2.20. The Labute approximate surface area is 156 Å². The molecule has 1 heterocycles. The van der Waals surface area contributed by atoms with Gasteiger partial charge in [-0.1, -0.05) is 49.4 Å². The van der Waals surface area contributed by atoms with Gasteiger partial charge >= 0.3 is 0 Å². The zero-order valence-electron chi connectivity index (χ0n) is 15.5. The highest BCUT2D eigenvalue weighted by molar-refractivity contribution is 5.81. The molecule has 0 aliphatic carbocycles. The molecule has 1 N–H and O–H groups in total. The molecule has 0 spiro atoms. The number of nitrogens with zero attached hydrogens (tertiary/aromatic N) is 1. The van der Waals surface area contributed by atoms with E-state index in [-0.39, 0.29) is 5.91 Å². The number of nitrogens with one attached hydrogen (secondary N) is 1. The minimum atomic E-state index is -0.469. The molecular weight excluding hydrogens is 324 g/mol. The van der Waals surface area contributed by atoms with Crippen molar-refractivity contribution in [2.45, 2.75) is 45.4 Å². The maximum absolute atomic E-state index is 12.6. The Morgan fingerprint density at radius 1 is 1.04 bits per heavy atom. The van der Waals surface area contributed by atoms with E-state index >= 15 is 0 Å². The fourth-order valence-corrected chi connectivity index (χ4v) is 3.35. The molecule has 1 amide bonds. The predicted molar refractivity (Wildman–Crippen MR) is 104 cm³/mol. The minimum absolute atomic E-state index is 0.0627. The van der Waals surface area contributed by atoms with Crippen LogP contribution in [0.15, 0.2) is 54.6 Å². The number of carbonyl (C=O) groups is 1. The molecule has 1 saturated heterocycles. The summed E-state index contributed by atoms with van der Waals surface area (Å²) >= 11 is 0. The molecule has 1 fully saturated rings. The van der Waals surface area contributed by atoms with Crippen LogP contribution in [0, 0.1) is 0 Å². The van der Waals surface area contributed by atoms with E-state index in [4.69, 9.17) is 4.74 Å². The number of benzene rings is 2. The van der Waals surface area contributed by atoms with Crippen LogP contribution >= 0.6 is 0 Å². The SMILES string of the molecule is CCC(Oc1ccccc1)C(=O)NCc1ccccc1CN1CCCC1. The average molecular weight is 352 g/mol. The molecule has 4 nitrogen and oxygen atoms in total. The van der Waals surface area contributed by atoms with Crippen LogP contribution in [0.5, 0.6) is 5.75 Å². The largest absolute Gasteiger partial charge is 0.481 e. The molecule has 0 bridgehead atoms. The first-order chi connectivity index (χ1) is 12.8. The molecule has 2 aromatic carbocycles. The number of hydrogen-bond donors (Lipinski definition) is 1. The summed E-state index contributed by atoms with van der Waals surface area (Å²) in [7, 11) is 0. The van der Waals surface area contributed by atoms with Gasteiger partial charge in [-0.3, -0.25) is 9.69 Å². The second-order valence-electron chi connectivity index (χ2n) is 6.80. The number of ether oxygens (including phenoxy) is 1. The van der Waals surface area contributed by atoms with Gasteiger partial charge in [0.15, 0.2) is 6.10 Å². The summed E-state index contributed by atoms with van der Waals surface area (Å²) in [6.07, 6.45) is 2.74. The molecule has 138 valence electrons. The third-order valence-electron chi connectivity index (χ3n) is 4.85. The van der Waals surface area contributed by atoms with E-state index in [0.29, 0.717) is 13.0 Å². The van der Waals surface area contributed by atoms with Gasteiger partial charge in [0.1, 0.15) is 5.75 Å². The van der Waals surface area contributed by atoms with E-state index in [1.54, 1.807) is 0 Å². The Bertz CT molecular complexity index is 696. The molecule has 1 atom stereocenters. The van der Waals surface area contributed by atoms with E-state index in [2.05, 4.69) is 28.4 Å². The third-order valence-corrected chi connectivity index (χ3v) is 4.85. The van der Waals surface area contributed by atoms with Crippen molar-refractivity contribution in [2.75, 3.05) is 13.1 Å². The number of rotatable bonds is 8. The van der Waals surface area contributed by atoms with E-state index in [1.165, 1.54) is 37.1 Å². The van der Waals surface area contributed by atoms with Gasteiger partial charge < -0.3 is 10.1 Å². The lowest BCUT2D eigenvalue weighted by Crippen LogP contribution is -2.37. The standard InChI is InChI=1S/C22H28N2O2/c1-2-21(26-20-12-4-3-5-13-20)22(25)23-16-18-10-6-7-11-19(18)17-24-14-8-9-15-24/h3-7,10-13,21H,2,8-9,14-17H2,1H3,(H,23,25). The summed E-state index contributed by atoms with van der Waals surface area (Å²) < 4.78 is 5.83. The first kappa shape index (κ1) is 18.5. The molecule has 1 aliphatic rings. The molecular formula is C22H28N2O2. The van der Waals surface area contributed by atoms with E-state index in [0.717, 1.165) is 12.3 Å². The van der Waals surface area contributed by atoms with Crippen LogP contribution in [-0.4, -0.2) is 30.0 Å². The monoisotopic (exact) mass is 352 g/mol. The normalized spacial score (nSPS) is 15.6. The number of likely N-dealkylation sites (tertiary alicyclic amines) is 1. The summed E-state index contributed by atoms with van der Waals surface area (Å²) in [6.45, 7) is 5.81. The summed E-state index contributed by atoms with van der Waals surface area (Å²) in [5.41, 5.74) is 2.48. The van der Waals surface area contributed by atoms with Gasteiger partial charge in [-0.05, 0) is 55.6 Å². The van der Waals surface area contributed by atoms with Crippen molar-refractivity contribution in [3.63, 3.8) is 0 Å². The van der Waals surface area contributed by atoms with Gasteiger partial charge in [0.2, 0.25) is 0 Å². The highest BCUT2D eigenvalue weighted by Gasteiger charge is 2.19. The Kier molecular flexibility index (Phi) is 6.67. The van der Waals surface area contributed by atoms with Gasteiger partial charge in [0.05, 0.1) is 0 Å². The highest BCUT2D eigenvalue weighted by Crippen LogP contribution is 2.17. The van der Waals surface area contributed by atoms with Crippen LogP contribution in [0.1, 0.15) is 37.3 Å². The summed E-state index contributed by atoms with van der Waals surface area (Å²) in [5.74, 6) is 0.663. The lowest BCUT2D eigenvalue weighted by molar-refractivity contribution is -0.128. The Morgan fingerprint density at radius 2 is 1.69 bits per heavy atom. The van der Waals surface area contributed by atoms with Crippen molar-refractivity contribution >= 4 is 5.91 Å². The van der Waals surface area contributed by atoms with Crippen LogP contribution in [0.2, 0.25) is 0 Å². The maximum atomic E-state index is 12.6. The summed E-state index contributed by atoms with van der Waals surface area (Å²) in [5, 5.41) is 3.05. The molecule has 0 radical (unpaired) electrons. The van der Waals surface area contributed by atoms with Crippen LogP contribution in [0.4, 0.5) is 0 Å². The summed E-state index contributed by atoms with van der Waals surface area (Å²) in [4.78, 5) is 15.0. The highest BCUT2D eigenvalue weighted by atomic mass is 16.5. The third kappa shape index (κ3) is 5.09. The van der Waals surface area contributed by atoms with Gasteiger partial charge in [-0.25, -0.2) is 0 Å². The fraction of sp³-hybridized carbons (Fsp3) is 0.409. The molecule has 1 unspecified atom stereocenters. The molecule has 26 heavy (non-hydrogen) atoms. The molecule has 1 aliphatic heterocycles. The summed E-state index contributed by atoms with van der Waals surface area (Å²) in [6, 6.07) is 17.9. The first-order valence-electron chi connectivity index (χ1n) is 9.55. The van der Waals surface area contributed by atoms with Crippen LogP contribution in [0.3, 0.4) is 0 Å². The quantitative estimate of drug-likeness (QED) is 0.786. The molecule has 4 heteroatoms. The molecule has 0 aromatic heterocycles. The number of amides is 1. The fourth-order valence-electron chi connectivity index (χ4n) is 3.35. The average Bonchev–Trinajstić information content (AvgIpc) is 3.19. The smallest absolute Gasteiger partial charge is 0.261 e. The number of carbonyl (C=O) groups excluding carboxylic acids is 1. The zero-order chi connectivity index (χ0) is 18.2. The van der Waals surface area contributed by atoms with E-state index in [1.807, 2.05) is 43.3 Å². The van der Waals surface area contributed by atoms with Crippen LogP contribution < -0.4 is 10.1 Å². The maximum Gasteiger partial charge on any atom is 0.261 e. The van der Waals surface area contributed by atoms with Crippen molar-refractivity contribution in [1.29, 1.82) is 0 Å². The lowest BCUT2D eigenvalue weighted by atomic mass is 10.1. The number of hydrogen-bond acceptors (Lipinski definition) is 3. The van der Waals surface area contributed by atoms with Crippen LogP contribution in [-0.2, 0) is 17.9 Å². The topological polar surface area (TPSA) is 41.6 Å². The van der Waals surface area contributed by atoms with E-state index in [9.17, 15) is 4.79 Å². The second kappa shape index (κ2) is 9.39. The number of para-hydroxylation sites is 1. The second-order valence-corrected chi connectivity index (χ2v) is 6.80. The van der Waals surface area contributed by atoms with Crippen LogP contribution in [0.25, 0.3) is 0 Å². The van der Waals surface area contributed by atoms with E-state index < -0.39 is 6.10 Å².